The number of hydrogen-bond acceptors (Lipinski definition) is 4. The Morgan fingerprint density at radius 2 is 0.971 bits per heavy atom. The van der Waals surface area contributed by atoms with Crippen molar-refractivity contribution in [3.8, 4) is 0 Å². The summed E-state index contributed by atoms with van der Waals surface area (Å²) in [6, 6.07) is 16.3. The second kappa shape index (κ2) is 8.67. The number of esters is 2. The molecule has 0 spiro atoms. The molecule has 2 aliphatic rings. The van der Waals surface area contributed by atoms with E-state index in [9.17, 15) is 9.59 Å². The van der Waals surface area contributed by atoms with Crippen molar-refractivity contribution in [2.45, 2.75) is 72.0 Å². The van der Waals surface area contributed by atoms with Crippen molar-refractivity contribution < 1.29 is 19.1 Å². The minimum atomic E-state index is -0.516. The third-order valence-corrected chi connectivity index (χ3v) is 7.67. The van der Waals surface area contributed by atoms with E-state index in [4.69, 9.17) is 9.47 Å². The van der Waals surface area contributed by atoms with Gasteiger partial charge in [0.25, 0.3) is 0 Å². The van der Waals surface area contributed by atoms with Gasteiger partial charge in [-0.2, -0.15) is 0 Å². The first kappa shape index (κ1) is 23.3. The monoisotopic (exact) mass is 468 g/mol. The van der Waals surface area contributed by atoms with Crippen molar-refractivity contribution in [2.75, 3.05) is 0 Å². The van der Waals surface area contributed by atoms with Crippen molar-refractivity contribution in [2.24, 2.45) is 0 Å². The summed E-state index contributed by atoms with van der Waals surface area (Å²) in [5, 5.41) is 0. The van der Waals surface area contributed by atoms with Crippen LogP contribution in [0.3, 0.4) is 0 Å². The van der Waals surface area contributed by atoms with Crippen molar-refractivity contribution in [1.29, 1.82) is 0 Å². The molecule has 4 nitrogen and oxygen atoms in total. The van der Waals surface area contributed by atoms with Gasteiger partial charge in [0.15, 0.2) is 0 Å². The van der Waals surface area contributed by atoms with Crippen LogP contribution < -0.4 is 0 Å². The van der Waals surface area contributed by atoms with Gasteiger partial charge in [0, 0.05) is 11.8 Å². The number of ether oxygens (including phenoxy) is 2. The van der Waals surface area contributed by atoms with Crippen LogP contribution in [0.5, 0.6) is 0 Å². The molecule has 0 amide bonds. The summed E-state index contributed by atoms with van der Waals surface area (Å²) in [4.78, 5) is 26.9. The van der Waals surface area contributed by atoms with Gasteiger partial charge in [0.1, 0.15) is 12.2 Å². The zero-order valence-electron chi connectivity index (χ0n) is 21.3. The molecule has 0 aromatic heterocycles. The Balaban J connectivity index is 1.49. The van der Waals surface area contributed by atoms with E-state index in [1.54, 1.807) is 0 Å². The summed E-state index contributed by atoms with van der Waals surface area (Å²) in [7, 11) is 0. The van der Waals surface area contributed by atoms with E-state index in [1.165, 1.54) is 11.1 Å². The van der Waals surface area contributed by atoms with Crippen LogP contribution >= 0.6 is 0 Å². The molecule has 0 heterocycles. The minimum Gasteiger partial charge on any atom is -0.454 e. The fourth-order valence-electron chi connectivity index (χ4n) is 6.46. The van der Waals surface area contributed by atoms with Crippen LogP contribution in [0.15, 0.2) is 48.5 Å². The van der Waals surface area contributed by atoms with E-state index >= 15 is 0 Å². The molecular weight excluding hydrogens is 436 g/mol. The maximum atomic E-state index is 13.4. The largest absolute Gasteiger partial charge is 0.454 e. The quantitative estimate of drug-likeness (QED) is 0.406. The predicted octanol–water partition coefficient (Wildman–Crippen LogP) is 6.57. The number of fused-ring (bicyclic) bond motifs is 5. The predicted molar refractivity (Wildman–Crippen MR) is 136 cm³/mol. The molecule has 0 saturated heterocycles. The molecule has 35 heavy (non-hydrogen) atoms. The number of aryl methyl sites for hydroxylation is 6. The average molecular weight is 469 g/mol. The molecule has 180 valence electrons. The Kier molecular flexibility index (Phi) is 5.79. The van der Waals surface area contributed by atoms with Gasteiger partial charge in [0.05, 0.1) is 11.1 Å². The molecule has 2 aliphatic carbocycles. The molecule has 0 radical (unpaired) electrons. The van der Waals surface area contributed by atoms with E-state index in [1.807, 2.05) is 77.9 Å². The fourth-order valence-corrected chi connectivity index (χ4v) is 6.46. The third-order valence-electron chi connectivity index (χ3n) is 7.67. The minimum absolute atomic E-state index is 0.0178. The van der Waals surface area contributed by atoms with E-state index in [-0.39, 0.29) is 23.8 Å². The number of hydrogen-bond donors (Lipinski definition) is 0. The normalized spacial score (nSPS) is 22.1. The Hall–Kier alpha value is -3.40. The van der Waals surface area contributed by atoms with Crippen LogP contribution in [0.1, 0.15) is 83.5 Å². The molecule has 1 fully saturated rings. The highest BCUT2D eigenvalue weighted by Gasteiger charge is 2.55. The van der Waals surface area contributed by atoms with Gasteiger partial charge in [-0.05, 0) is 81.3 Å². The highest BCUT2D eigenvalue weighted by Crippen LogP contribution is 2.55. The van der Waals surface area contributed by atoms with E-state index in [2.05, 4.69) is 12.1 Å². The van der Waals surface area contributed by atoms with Crippen LogP contribution in [-0.4, -0.2) is 24.1 Å². The van der Waals surface area contributed by atoms with E-state index in [0.29, 0.717) is 11.1 Å². The lowest BCUT2D eigenvalue weighted by Gasteiger charge is -2.32. The number of carbonyl (C=O) groups is 2. The van der Waals surface area contributed by atoms with Crippen LogP contribution in [-0.2, 0) is 9.47 Å². The van der Waals surface area contributed by atoms with E-state index in [0.717, 1.165) is 39.8 Å². The van der Waals surface area contributed by atoms with Gasteiger partial charge in [-0.25, -0.2) is 9.59 Å². The smallest absolute Gasteiger partial charge is 0.339 e. The Bertz CT molecular complexity index is 1200. The van der Waals surface area contributed by atoms with Crippen LogP contribution in [0, 0.1) is 41.5 Å². The van der Waals surface area contributed by atoms with Crippen molar-refractivity contribution in [3.05, 3.63) is 104 Å². The van der Waals surface area contributed by atoms with Gasteiger partial charge < -0.3 is 9.47 Å². The molecule has 0 N–H and O–H groups in total. The Labute approximate surface area is 207 Å². The number of benzene rings is 3. The first-order valence-corrected chi connectivity index (χ1v) is 12.3. The van der Waals surface area contributed by atoms with Gasteiger partial charge >= 0.3 is 11.9 Å². The van der Waals surface area contributed by atoms with Gasteiger partial charge in [-0.15, -0.1) is 0 Å². The molecule has 4 unspecified atom stereocenters. The molecular formula is C31H32O4. The molecule has 2 bridgehead atoms. The first-order chi connectivity index (χ1) is 16.7. The maximum absolute atomic E-state index is 13.4. The SMILES string of the molecule is Cc1cc(C)c(C(=O)OC2C3CC(c4ccccc43)C2OC(=O)c2c(C)cc(C)cc2C)c(C)c1. The summed E-state index contributed by atoms with van der Waals surface area (Å²) < 4.78 is 12.4. The third kappa shape index (κ3) is 3.95. The molecule has 4 heteroatoms. The molecule has 4 atom stereocenters. The summed E-state index contributed by atoms with van der Waals surface area (Å²) in [6.07, 6.45) is -0.220. The van der Waals surface area contributed by atoms with Gasteiger partial charge in [0.2, 0.25) is 0 Å². The van der Waals surface area contributed by atoms with E-state index < -0.39 is 12.2 Å². The Morgan fingerprint density at radius 3 is 1.31 bits per heavy atom. The highest BCUT2D eigenvalue weighted by atomic mass is 16.6. The zero-order valence-corrected chi connectivity index (χ0v) is 21.3. The second-order valence-corrected chi connectivity index (χ2v) is 10.4. The highest BCUT2D eigenvalue weighted by molar-refractivity contribution is 5.94. The molecule has 3 aromatic rings. The molecule has 3 aromatic carbocycles. The fraction of sp³-hybridized carbons (Fsp3) is 0.355. The van der Waals surface area contributed by atoms with Crippen LogP contribution in [0.2, 0.25) is 0 Å². The lowest BCUT2D eigenvalue weighted by Crippen LogP contribution is -2.39. The number of rotatable bonds is 4. The van der Waals surface area contributed by atoms with Crippen LogP contribution in [0.4, 0.5) is 0 Å². The average Bonchev–Trinajstić information content (AvgIpc) is 3.29. The zero-order chi connectivity index (χ0) is 25.0. The molecule has 0 aliphatic heterocycles. The van der Waals surface area contributed by atoms with Crippen molar-refractivity contribution in [1.82, 2.24) is 0 Å². The second-order valence-electron chi connectivity index (χ2n) is 10.4. The summed E-state index contributed by atoms with van der Waals surface area (Å²) in [5.41, 5.74) is 9.41. The first-order valence-electron chi connectivity index (χ1n) is 12.3. The summed E-state index contributed by atoms with van der Waals surface area (Å²) >= 11 is 0. The van der Waals surface area contributed by atoms with Gasteiger partial charge in [-0.3, -0.25) is 0 Å². The van der Waals surface area contributed by atoms with Crippen LogP contribution in [0.25, 0.3) is 0 Å². The van der Waals surface area contributed by atoms with Crippen molar-refractivity contribution in [3.63, 3.8) is 0 Å². The Morgan fingerprint density at radius 1 is 0.629 bits per heavy atom. The van der Waals surface area contributed by atoms with Crippen molar-refractivity contribution >= 4 is 11.9 Å². The topological polar surface area (TPSA) is 52.6 Å². The summed E-state index contributed by atoms with van der Waals surface area (Å²) in [5.74, 6) is -0.661. The molecule has 1 saturated carbocycles. The summed E-state index contributed by atoms with van der Waals surface area (Å²) in [6.45, 7) is 11.8. The van der Waals surface area contributed by atoms with Gasteiger partial charge in [-0.1, -0.05) is 59.7 Å². The maximum Gasteiger partial charge on any atom is 0.339 e. The lowest BCUT2D eigenvalue weighted by molar-refractivity contribution is -0.0350. The number of carbonyl (C=O) groups excluding carboxylic acids is 2. The molecule has 5 rings (SSSR count). The standard InChI is InChI=1S/C31H32O4/c1-16-11-18(3)26(19(4)12-16)30(32)34-28-24-15-25(23-10-8-7-9-22(23)24)29(28)35-31(33)27-20(5)13-17(2)14-21(27)6/h7-14,24-25,28-29H,15H2,1-6H3. The lowest BCUT2D eigenvalue weighted by atomic mass is 9.87.